The Labute approximate surface area is 151 Å². The fraction of sp³-hybridized carbons (Fsp3) is 0.353. The maximum absolute atomic E-state index is 12.9. The Bertz CT molecular complexity index is 995. The van der Waals surface area contributed by atoms with Crippen LogP contribution in [0.3, 0.4) is 0 Å². The van der Waals surface area contributed by atoms with Crippen LogP contribution in [0.5, 0.6) is 5.75 Å². The fourth-order valence-electron chi connectivity index (χ4n) is 3.16. The first kappa shape index (κ1) is 17.7. The second-order valence-electron chi connectivity index (χ2n) is 6.43. The molecule has 2 atom stereocenters. The van der Waals surface area contributed by atoms with Crippen LogP contribution in [-0.2, 0) is 10.9 Å². The number of aromatic hydroxyl groups is 1. The van der Waals surface area contributed by atoms with Crippen molar-refractivity contribution >= 4 is 11.2 Å². The lowest BCUT2D eigenvalue weighted by atomic mass is 10.0. The molecule has 27 heavy (non-hydrogen) atoms. The summed E-state index contributed by atoms with van der Waals surface area (Å²) >= 11 is 0. The molecule has 2 N–H and O–H groups in total. The summed E-state index contributed by atoms with van der Waals surface area (Å²) in [5.74, 6) is -0.532. The number of hydrogen-bond acceptors (Lipinski definition) is 6. The highest BCUT2D eigenvalue weighted by Crippen LogP contribution is 2.38. The predicted molar refractivity (Wildman–Crippen MR) is 88.0 cm³/mol. The maximum atomic E-state index is 12.9. The number of aryl methyl sites for hydroxylation is 1. The fourth-order valence-corrected chi connectivity index (χ4v) is 3.16. The normalized spacial score (nSPS) is 20.5. The summed E-state index contributed by atoms with van der Waals surface area (Å²) in [6, 6.07) is 1.26. The Morgan fingerprint density at radius 2 is 2.04 bits per heavy atom. The summed E-state index contributed by atoms with van der Waals surface area (Å²) in [6.07, 6.45) is -2.27. The van der Waals surface area contributed by atoms with E-state index in [2.05, 4.69) is 15.1 Å². The molecule has 0 unspecified atom stereocenters. The Morgan fingerprint density at radius 1 is 1.26 bits per heavy atom. The zero-order chi connectivity index (χ0) is 19.3. The number of aliphatic hydroxyl groups excluding tert-OH is 1. The number of phenolic OH excluding ortho intramolecular Hbond substituents is 1. The number of aromatic nitrogens is 4. The number of fused-ring (bicyclic) bond motifs is 1. The minimum Gasteiger partial charge on any atom is -0.507 e. The third-order valence-corrected chi connectivity index (χ3v) is 4.51. The lowest BCUT2D eigenvalue weighted by molar-refractivity contribution is -0.137. The van der Waals surface area contributed by atoms with E-state index in [4.69, 9.17) is 4.74 Å². The zero-order valence-corrected chi connectivity index (χ0v) is 14.1. The molecule has 0 saturated carbocycles. The molecule has 4 rings (SSSR count). The largest absolute Gasteiger partial charge is 0.507 e. The third kappa shape index (κ3) is 3.10. The molecule has 3 aromatic rings. The standard InChI is InChI=1S/C17H15F3N4O3/c1-8-2-9(17(18,19)20)3-13(25)15(8)10-4-21-11-5-24(23-16(11)22-10)12-6-27-7-14(12)26/h2-5,12,14,25-26H,6-7H2,1H3/t12-,14-/m1/s1. The lowest BCUT2D eigenvalue weighted by Gasteiger charge is -2.12. The van der Waals surface area contributed by atoms with E-state index in [1.807, 2.05) is 0 Å². The topological polar surface area (TPSA) is 93.3 Å². The molecule has 0 spiro atoms. The van der Waals surface area contributed by atoms with Crippen LogP contribution in [-0.4, -0.2) is 49.3 Å². The van der Waals surface area contributed by atoms with Gasteiger partial charge in [-0.1, -0.05) is 0 Å². The number of rotatable bonds is 2. The lowest BCUT2D eigenvalue weighted by Crippen LogP contribution is -2.22. The van der Waals surface area contributed by atoms with Crippen LogP contribution >= 0.6 is 0 Å². The van der Waals surface area contributed by atoms with Crippen LogP contribution < -0.4 is 0 Å². The number of benzene rings is 1. The number of halogens is 3. The van der Waals surface area contributed by atoms with E-state index in [0.717, 1.165) is 6.07 Å². The molecule has 142 valence electrons. The highest BCUT2D eigenvalue weighted by Gasteiger charge is 2.32. The van der Waals surface area contributed by atoms with Crippen molar-refractivity contribution in [1.82, 2.24) is 19.7 Å². The highest BCUT2D eigenvalue weighted by molar-refractivity contribution is 5.77. The maximum Gasteiger partial charge on any atom is 0.416 e. The van der Waals surface area contributed by atoms with Crippen LogP contribution in [0.25, 0.3) is 22.4 Å². The molecule has 1 aliphatic heterocycles. The Morgan fingerprint density at radius 3 is 2.67 bits per heavy atom. The summed E-state index contributed by atoms with van der Waals surface area (Å²) in [7, 11) is 0. The zero-order valence-electron chi connectivity index (χ0n) is 14.1. The van der Waals surface area contributed by atoms with E-state index in [9.17, 15) is 23.4 Å². The molecular weight excluding hydrogens is 365 g/mol. The van der Waals surface area contributed by atoms with Crippen molar-refractivity contribution in [3.8, 4) is 17.0 Å². The van der Waals surface area contributed by atoms with Crippen molar-refractivity contribution in [1.29, 1.82) is 0 Å². The van der Waals surface area contributed by atoms with E-state index in [1.165, 1.54) is 17.8 Å². The number of aliphatic hydroxyl groups is 1. The van der Waals surface area contributed by atoms with E-state index in [1.54, 1.807) is 6.20 Å². The molecule has 1 aliphatic rings. The second kappa shape index (κ2) is 6.17. The van der Waals surface area contributed by atoms with Gasteiger partial charge in [-0.15, -0.1) is 0 Å². The summed E-state index contributed by atoms with van der Waals surface area (Å²) < 4.78 is 45.4. The van der Waals surface area contributed by atoms with Gasteiger partial charge in [-0.05, 0) is 24.6 Å². The minimum atomic E-state index is -4.56. The second-order valence-corrected chi connectivity index (χ2v) is 6.43. The number of ether oxygens (including phenoxy) is 1. The number of phenols is 1. The van der Waals surface area contributed by atoms with Crippen LogP contribution in [0.4, 0.5) is 13.2 Å². The summed E-state index contributed by atoms with van der Waals surface area (Å²) in [5.41, 5.74) is 0.368. The Kier molecular flexibility index (Phi) is 4.04. The first-order valence-corrected chi connectivity index (χ1v) is 8.13. The van der Waals surface area contributed by atoms with Crippen LogP contribution in [0.2, 0.25) is 0 Å². The molecule has 3 heterocycles. The van der Waals surface area contributed by atoms with Crippen molar-refractivity contribution in [2.45, 2.75) is 25.2 Å². The average molecular weight is 380 g/mol. The van der Waals surface area contributed by atoms with Gasteiger partial charge in [-0.3, -0.25) is 4.68 Å². The summed E-state index contributed by atoms with van der Waals surface area (Å²) in [6.45, 7) is 1.98. The van der Waals surface area contributed by atoms with E-state index in [0.29, 0.717) is 18.2 Å². The molecular formula is C17H15F3N4O3. The molecule has 0 bridgehead atoms. The SMILES string of the molecule is Cc1cc(C(F)(F)F)cc(O)c1-c1cnc2cn([C@@H]3COC[C@H]3O)nc2n1. The smallest absolute Gasteiger partial charge is 0.416 e. The van der Waals surface area contributed by atoms with Crippen molar-refractivity contribution in [2.24, 2.45) is 0 Å². The van der Waals surface area contributed by atoms with Gasteiger partial charge in [-0.25, -0.2) is 9.97 Å². The summed E-state index contributed by atoms with van der Waals surface area (Å²) in [5, 5.41) is 24.3. The number of hydrogen-bond donors (Lipinski definition) is 2. The van der Waals surface area contributed by atoms with Crippen LogP contribution in [0.1, 0.15) is 17.2 Å². The van der Waals surface area contributed by atoms with Gasteiger partial charge in [0.15, 0.2) is 5.65 Å². The first-order valence-electron chi connectivity index (χ1n) is 8.13. The minimum absolute atomic E-state index is 0.163. The van der Waals surface area contributed by atoms with Crippen molar-refractivity contribution in [2.75, 3.05) is 13.2 Å². The van der Waals surface area contributed by atoms with Crippen molar-refractivity contribution < 1.29 is 28.1 Å². The molecule has 1 fully saturated rings. The Hall–Kier alpha value is -2.72. The molecule has 0 amide bonds. The average Bonchev–Trinajstić information content (AvgIpc) is 3.18. The van der Waals surface area contributed by atoms with Gasteiger partial charge in [0, 0.05) is 5.56 Å². The van der Waals surface area contributed by atoms with E-state index in [-0.39, 0.29) is 35.1 Å². The molecule has 2 aromatic heterocycles. The number of alkyl halides is 3. The monoisotopic (exact) mass is 380 g/mol. The van der Waals surface area contributed by atoms with Crippen molar-refractivity contribution in [3.63, 3.8) is 0 Å². The van der Waals surface area contributed by atoms with Gasteiger partial charge < -0.3 is 14.9 Å². The van der Waals surface area contributed by atoms with Gasteiger partial charge in [0.25, 0.3) is 0 Å². The van der Waals surface area contributed by atoms with Gasteiger partial charge in [0.2, 0.25) is 0 Å². The van der Waals surface area contributed by atoms with Gasteiger partial charge in [-0.2, -0.15) is 18.3 Å². The van der Waals surface area contributed by atoms with E-state index < -0.39 is 23.6 Å². The summed E-state index contributed by atoms with van der Waals surface area (Å²) in [4.78, 5) is 8.54. The Balaban J connectivity index is 1.76. The van der Waals surface area contributed by atoms with Gasteiger partial charge >= 0.3 is 6.18 Å². The van der Waals surface area contributed by atoms with Crippen LogP contribution in [0.15, 0.2) is 24.5 Å². The van der Waals surface area contributed by atoms with E-state index >= 15 is 0 Å². The molecule has 10 heteroatoms. The molecule has 0 aliphatic carbocycles. The van der Waals surface area contributed by atoms with Gasteiger partial charge in [0.1, 0.15) is 23.4 Å². The molecule has 1 saturated heterocycles. The molecule has 7 nitrogen and oxygen atoms in total. The quantitative estimate of drug-likeness (QED) is 0.710. The van der Waals surface area contributed by atoms with Crippen molar-refractivity contribution in [3.05, 3.63) is 35.7 Å². The molecule has 1 aromatic carbocycles. The highest BCUT2D eigenvalue weighted by atomic mass is 19.4. The van der Waals surface area contributed by atoms with Crippen LogP contribution in [0, 0.1) is 6.92 Å². The predicted octanol–water partition coefficient (Wildman–Crippen LogP) is 2.46. The van der Waals surface area contributed by atoms with Gasteiger partial charge in [0.05, 0.1) is 36.9 Å². The number of nitrogens with zero attached hydrogens (tertiary/aromatic N) is 4. The molecule has 0 radical (unpaired) electrons. The third-order valence-electron chi connectivity index (χ3n) is 4.51. The first-order chi connectivity index (χ1) is 12.7.